The highest BCUT2D eigenvalue weighted by Gasteiger charge is 2.14. The van der Waals surface area contributed by atoms with Crippen molar-refractivity contribution in [3.05, 3.63) is 62.3 Å². The Labute approximate surface area is 133 Å². The summed E-state index contributed by atoms with van der Waals surface area (Å²) in [4.78, 5) is 4.09. The van der Waals surface area contributed by atoms with Crippen LogP contribution in [0.25, 0.3) is 0 Å². The summed E-state index contributed by atoms with van der Waals surface area (Å²) in [5.41, 5.74) is 2.09. The fraction of sp³-hybridized carbons (Fsp3) is 0.154. The summed E-state index contributed by atoms with van der Waals surface area (Å²) in [6.45, 7) is 0. The van der Waals surface area contributed by atoms with E-state index in [1.807, 2.05) is 24.3 Å². The largest absolute Gasteiger partial charge is 0.263 e. The van der Waals surface area contributed by atoms with E-state index in [1.165, 1.54) is 0 Å². The van der Waals surface area contributed by atoms with Gasteiger partial charge in [0.05, 0.1) is 5.02 Å². The summed E-state index contributed by atoms with van der Waals surface area (Å²) in [7, 11) is 0. The fourth-order valence-electron chi connectivity index (χ4n) is 1.63. The topological polar surface area (TPSA) is 12.9 Å². The molecule has 0 aliphatic carbocycles. The standard InChI is InChI=1S/C13H9Br2Cl2N/c14-9-1-2-12(16)10(6-9)11(15)5-8-3-4-18-7-13(8)17/h1-4,6-7,11H,5H2. The molecule has 94 valence electrons. The normalized spacial score (nSPS) is 12.4. The first-order chi connectivity index (χ1) is 8.58. The average Bonchev–Trinajstić information content (AvgIpc) is 2.35. The van der Waals surface area contributed by atoms with E-state index in [0.717, 1.165) is 27.0 Å². The molecule has 0 radical (unpaired) electrons. The molecule has 0 spiro atoms. The minimum Gasteiger partial charge on any atom is -0.263 e. The molecule has 1 atom stereocenters. The zero-order valence-corrected chi connectivity index (χ0v) is 13.9. The zero-order chi connectivity index (χ0) is 13.1. The van der Waals surface area contributed by atoms with Gasteiger partial charge in [0, 0.05) is 26.7 Å². The monoisotopic (exact) mass is 407 g/mol. The molecule has 1 aromatic heterocycles. The van der Waals surface area contributed by atoms with E-state index in [1.54, 1.807) is 12.4 Å². The van der Waals surface area contributed by atoms with Crippen molar-refractivity contribution in [3.63, 3.8) is 0 Å². The molecule has 0 amide bonds. The molecule has 1 heterocycles. The Balaban J connectivity index is 2.25. The third-order valence-electron chi connectivity index (χ3n) is 2.55. The van der Waals surface area contributed by atoms with Crippen LogP contribution in [0.3, 0.4) is 0 Å². The number of alkyl halides is 1. The maximum Gasteiger partial charge on any atom is 0.0621 e. The van der Waals surface area contributed by atoms with Crippen molar-refractivity contribution in [2.24, 2.45) is 0 Å². The third kappa shape index (κ3) is 3.47. The van der Waals surface area contributed by atoms with Crippen LogP contribution < -0.4 is 0 Å². The molecule has 0 bridgehead atoms. The number of aromatic nitrogens is 1. The van der Waals surface area contributed by atoms with Gasteiger partial charge >= 0.3 is 0 Å². The van der Waals surface area contributed by atoms with Gasteiger partial charge < -0.3 is 0 Å². The van der Waals surface area contributed by atoms with E-state index in [2.05, 4.69) is 36.8 Å². The van der Waals surface area contributed by atoms with E-state index in [9.17, 15) is 0 Å². The lowest BCUT2D eigenvalue weighted by molar-refractivity contribution is 0.944. The lowest BCUT2D eigenvalue weighted by Gasteiger charge is -2.13. The molecule has 5 heteroatoms. The molecule has 2 rings (SSSR count). The van der Waals surface area contributed by atoms with Crippen LogP contribution in [0.15, 0.2) is 41.1 Å². The number of hydrogen-bond acceptors (Lipinski definition) is 1. The van der Waals surface area contributed by atoms with Gasteiger partial charge in [-0.1, -0.05) is 55.1 Å². The highest BCUT2D eigenvalue weighted by atomic mass is 79.9. The molecule has 1 nitrogen and oxygen atoms in total. The molecular formula is C13H9Br2Cl2N. The minimum absolute atomic E-state index is 0.113. The van der Waals surface area contributed by atoms with Gasteiger partial charge in [0.25, 0.3) is 0 Å². The van der Waals surface area contributed by atoms with Crippen molar-refractivity contribution in [2.45, 2.75) is 11.2 Å². The molecule has 0 fully saturated rings. The molecular weight excluding hydrogens is 401 g/mol. The second-order valence-corrected chi connectivity index (χ2v) is 6.64. The first-order valence-corrected chi connectivity index (χ1v) is 7.72. The van der Waals surface area contributed by atoms with Gasteiger partial charge in [0.1, 0.15) is 0 Å². The molecule has 0 aliphatic heterocycles. The van der Waals surface area contributed by atoms with Crippen LogP contribution in [0.2, 0.25) is 10.0 Å². The lowest BCUT2D eigenvalue weighted by Crippen LogP contribution is -1.97. The predicted octanol–water partition coefficient (Wildman–Crippen LogP) is 5.83. The van der Waals surface area contributed by atoms with Crippen molar-refractivity contribution in [2.75, 3.05) is 0 Å². The Morgan fingerprint density at radius 2 is 1.94 bits per heavy atom. The quantitative estimate of drug-likeness (QED) is 0.581. The van der Waals surface area contributed by atoms with E-state index < -0.39 is 0 Å². The van der Waals surface area contributed by atoms with E-state index >= 15 is 0 Å². The summed E-state index contributed by atoms with van der Waals surface area (Å²) in [6, 6.07) is 7.73. The van der Waals surface area contributed by atoms with Gasteiger partial charge in [0.15, 0.2) is 0 Å². The van der Waals surface area contributed by atoms with Crippen molar-refractivity contribution < 1.29 is 0 Å². The Morgan fingerprint density at radius 1 is 1.17 bits per heavy atom. The highest BCUT2D eigenvalue weighted by Crippen LogP contribution is 2.35. The number of pyridine rings is 1. The first kappa shape index (κ1) is 14.3. The summed E-state index contributed by atoms with van der Waals surface area (Å²) < 4.78 is 1.01. The molecule has 2 aromatic rings. The SMILES string of the molecule is Clc1cnccc1CC(Br)c1cc(Br)ccc1Cl. The number of nitrogens with zero attached hydrogens (tertiary/aromatic N) is 1. The number of rotatable bonds is 3. The van der Waals surface area contributed by atoms with E-state index in [-0.39, 0.29) is 4.83 Å². The van der Waals surface area contributed by atoms with Crippen LogP contribution in [0, 0.1) is 0 Å². The zero-order valence-electron chi connectivity index (χ0n) is 9.21. The Kier molecular flexibility index (Phi) is 5.07. The van der Waals surface area contributed by atoms with Crippen LogP contribution in [-0.4, -0.2) is 4.98 Å². The lowest BCUT2D eigenvalue weighted by atomic mass is 10.1. The summed E-state index contributed by atoms with van der Waals surface area (Å²) in [6.07, 6.45) is 4.15. The Bertz CT molecular complexity index is 560. The third-order valence-corrected chi connectivity index (χ3v) is 4.55. The molecule has 1 unspecified atom stereocenters. The fourth-order valence-corrected chi connectivity index (χ4v) is 3.31. The predicted molar refractivity (Wildman–Crippen MR) is 83.8 cm³/mol. The minimum atomic E-state index is 0.113. The Hall–Kier alpha value is -0.0900. The molecule has 0 saturated carbocycles. The van der Waals surface area contributed by atoms with Crippen LogP contribution in [0.5, 0.6) is 0 Å². The highest BCUT2D eigenvalue weighted by molar-refractivity contribution is 9.10. The molecule has 0 N–H and O–H groups in total. The van der Waals surface area contributed by atoms with Gasteiger partial charge in [-0.2, -0.15) is 0 Å². The van der Waals surface area contributed by atoms with Gasteiger partial charge in [-0.25, -0.2) is 0 Å². The van der Waals surface area contributed by atoms with Gasteiger partial charge in [0.2, 0.25) is 0 Å². The first-order valence-electron chi connectivity index (χ1n) is 5.25. The average molecular weight is 410 g/mol. The molecule has 1 aromatic carbocycles. The van der Waals surface area contributed by atoms with Crippen molar-refractivity contribution in [3.8, 4) is 0 Å². The maximum absolute atomic E-state index is 6.20. The smallest absolute Gasteiger partial charge is 0.0621 e. The summed E-state index contributed by atoms with van der Waals surface area (Å²) >= 11 is 19.4. The van der Waals surface area contributed by atoms with Gasteiger partial charge in [-0.05, 0) is 41.8 Å². The van der Waals surface area contributed by atoms with Crippen molar-refractivity contribution in [1.82, 2.24) is 4.98 Å². The van der Waals surface area contributed by atoms with Crippen molar-refractivity contribution >= 4 is 55.1 Å². The van der Waals surface area contributed by atoms with E-state index in [0.29, 0.717) is 5.02 Å². The van der Waals surface area contributed by atoms with Crippen LogP contribution in [0.4, 0.5) is 0 Å². The second kappa shape index (κ2) is 6.38. The molecule has 0 aliphatic rings. The van der Waals surface area contributed by atoms with Crippen LogP contribution in [-0.2, 0) is 6.42 Å². The van der Waals surface area contributed by atoms with Crippen molar-refractivity contribution in [1.29, 1.82) is 0 Å². The van der Waals surface area contributed by atoms with Crippen LogP contribution >= 0.6 is 55.1 Å². The maximum atomic E-state index is 6.20. The Morgan fingerprint density at radius 3 is 2.67 bits per heavy atom. The van der Waals surface area contributed by atoms with E-state index in [4.69, 9.17) is 23.2 Å². The van der Waals surface area contributed by atoms with Gasteiger partial charge in [-0.15, -0.1) is 0 Å². The van der Waals surface area contributed by atoms with Crippen LogP contribution in [0.1, 0.15) is 16.0 Å². The number of benzene rings is 1. The molecule has 18 heavy (non-hydrogen) atoms. The summed E-state index contributed by atoms with van der Waals surface area (Å²) in [5, 5.41) is 1.42. The van der Waals surface area contributed by atoms with Gasteiger partial charge in [-0.3, -0.25) is 4.98 Å². The number of hydrogen-bond donors (Lipinski definition) is 0. The second-order valence-electron chi connectivity index (χ2n) is 3.80. The number of halogens is 4. The summed E-state index contributed by atoms with van der Waals surface area (Å²) in [5.74, 6) is 0. The molecule has 0 saturated heterocycles.